The van der Waals surface area contributed by atoms with Gasteiger partial charge in [0.05, 0.1) is 19.0 Å². The summed E-state index contributed by atoms with van der Waals surface area (Å²) in [7, 11) is 0. The van der Waals surface area contributed by atoms with Gasteiger partial charge < -0.3 is 9.30 Å². The molecular formula is C16H13ClN4O. The first-order chi connectivity index (χ1) is 10.8. The zero-order chi connectivity index (χ0) is 14.7. The lowest BCUT2D eigenvalue weighted by Gasteiger charge is -2.27. The van der Waals surface area contributed by atoms with Gasteiger partial charge in [-0.05, 0) is 24.0 Å². The summed E-state index contributed by atoms with van der Waals surface area (Å²) in [5.74, 6) is 0. The van der Waals surface area contributed by atoms with E-state index in [2.05, 4.69) is 39.2 Å². The summed E-state index contributed by atoms with van der Waals surface area (Å²) in [5, 5.41) is 0.387. The Hall–Kier alpha value is -1.98. The van der Waals surface area contributed by atoms with E-state index in [4.69, 9.17) is 16.3 Å². The Balaban J connectivity index is 1.63. The zero-order valence-corrected chi connectivity index (χ0v) is 12.5. The average Bonchev–Trinajstić information content (AvgIpc) is 3.22. The third-order valence-corrected chi connectivity index (χ3v) is 5.04. The molecule has 0 unspecified atom stereocenters. The van der Waals surface area contributed by atoms with Crippen LogP contribution in [-0.4, -0.2) is 19.5 Å². The van der Waals surface area contributed by atoms with Gasteiger partial charge in [0.1, 0.15) is 17.4 Å². The molecule has 6 heteroatoms. The van der Waals surface area contributed by atoms with Crippen LogP contribution in [0.3, 0.4) is 0 Å². The molecule has 5 rings (SSSR count). The first-order valence-electron chi connectivity index (χ1n) is 7.35. The topological polar surface area (TPSA) is 52.8 Å². The molecule has 2 atom stereocenters. The highest BCUT2D eigenvalue weighted by molar-refractivity contribution is 6.33. The normalized spacial score (nSPS) is 25.8. The van der Waals surface area contributed by atoms with E-state index in [0.717, 1.165) is 18.5 Å². The van der Waals surface area contributed by atoms with E-state index in [1.807, 2.05) is 4.57 Å². The lowest BCUT2D eigenvalue weighted by Crippen LogP contribution is -2.28. The van der Waals surface area contributed by atoms with Crippen molar-refractivity contribution in [1.82, 2.24) is 19.5 Å². The molecule has 2 aliphatic rings. The number of hydrogen-bond donors (Lipinski definition) is 0. The van der Waals surface area contributed by atoms with E-state index in [9.17, 15) is 0 Å². The van der Waals surface area contributed by atoms with Gasteiger partial charge >= 0.3 is 0 Å². The molecule has 1 aromatic carbocycles. The second-order valence-corrected chi connectivity index (χ2v) is 6.29. The van der Waals surface area contributed by atoms with Crippen molar-refractivity contribution in [1.29, 1.82) is 0 Å². The Bertz CT molecular complexity index is 893. The lowest BCUT2D eigenvalue weighted by molar-refractivity contribution is -0.0329. The second-order valence-electron chi connectivity index (χ2n) is 5.94. The fraction of sp³-hybridized carbons (Fsp3) is 0.312. The molecule has 5 nitrogen and oxygen atoms in total. The summed E-state index contributed by atoms with van der Waals surface area (Å²) < 4.78 is 8.38. The summed E-state index contributed by atoms with van der Waals surface area (Å²) in [5.41, 5.74) is 3.75. The van der Waals surface area contributed by atoms with Crippen LogP contribution in [0, 0.1) is 0 Å². The maximum Gasteiger partial charge on any atom is 0.164 e. The van der Waals surface area contributed by atoms with E-state index in [0.29, 0.717) is 17.2 Å². The third-order valence-electron chi connectivity index (χ3n) is 4.76. The molecule has 2 aliphatic heterocycles. The second kappa shape index (κ2) is 4.27. The Morgan fingerprint density at radius 2 is 2.18 bits per heavy atom. The minimum atomic E-state index is -0.272. The molecule has 2 bridgehead atoms. The van der Waals surface area contributed by atoms with Crippen LogP contribution in [0.4, 0.5) is 0 Å². The quantitative estimate of drug-likeness (QED) is 0.682. The molecule has 22 heavy (non-hydrogen) atoms. The summed E-state index contributed by atoms with van der Waals surface area (Å²) >= 11 is 6.09. The van der Waals surface area contributed by atoms with E-state index in [-0.39, 0.29) is 11.7 Å². The van der Waals surface area contributed by atoms with Gasteiger partial charge in [-0.25, -0.2) is 15.0 Å². The molecule has 0 aliphatic carbocycles. The Labute approximate surface area is 131 Å². The van der Waals surface area contributed by atoms with Crippen molar-refractivity contribution in [3.63, 3.8) is 0 Å². The molecule has 1 saturated heterocycles. The molecule has 0 spiro atoms. The lowest BCUT2D eigenvalue weighted by atomic mass is 9.82. The number of aromatic nitrogens is 4. The predicted octanol–water partition coefficient (Wildman–Crippen LogP) is 3.24. The maximum atomic E-state index is 6.36. The Morgan fingerprint density at radius 3 is 3.14 bits per heavy atom. The van der Waals surface area contributed by atoms with Crippen molar-refractivity contribution >= 4 is 22.8 Å². The van der Waals surface area contributed by atoms with E-state index in [1.54, 1.807) is 6.33 Å². The van der Waals surface area contributed by atoms with Crippen molar-refractivity contribution in [2.75, 3.05) is 0 Å². The van der Waals surface area contributed by atoms with Gasteiger partial charge in [-0.15, -0.1) is 0 Å². The van der Waals surface area contributed by atoms with Crippen LogP contribution in [0.2, 0.25) is 5.15 Å². The Morgan fingerprint density at radius 1 is 1.27 bits per heavy atom. The van der Waals surface area contributed by atoms with Crippen LogP contribution < -0.4 is 0 Å². The molecule has 0 amide bonds. The van der Waals surface area contributed by atoms with Crippen molar-refractivity contribution in [2.24, 2.45) is 0 Å². The molecule has 110 valence electrons. The van der Waals surface area contributed by atoms with Gasteiger partial charge in [0, 0.05) is 0 Å². The number of rotatable bonds is 2. The van der Waals surface area contributed by atoms with Crippen LogP contribution in [-0.2, 0) is 16.9 Å². The number of nitrogens with zero attached hydrogens (tertiary/aromatic N) is 4. The third kappa shape index (κ3) is 1.55. The van der Waals surface area contributed by atoms with Gasteiger partial charge in [-0.3, -0.25) is 0 Å². The van der Waals surface area contributed by atoms with Crippen LogP contribution in [0.25, 0.3) is 11.2 Å². The molecular weight excluding hydrogens is 300 g/mol. The van der Waals surface area contributed by atoms with Crippen LogP contribution in [0.5, 0.6) is 0 Å². The van der Waals surface area contributed by atoms with Gasteiger partial charge in [0.2, 0.25) is 0 Å². The molecule has 3 aromatic rings. The van der Waals surface area contributed by atoms with Gasteiger partial charge in [0.25, 0.3) is 0 Å². The van der Waals surface area contributed by atoms with Gasteiger partial charge in [0.15, 0.2) is 10.8 Å². The SMILES string of the molecule is Clc1ncnc2c1ncn2C[C@]12CC[C@H](O1)c1ccccc12. The summed E-state index contributed by atoms with van der Waals surface area (Å²) in [6.45, 7) is 0.699. The van der Waals surface area contributed by atoms with Crippen LogP contribution in [0.1, 0.15) is 30.1 Å². The number of imidazole rings is 1. The minimum Gasteiger partial charge on any atom is -0.360 e. The highest BCUT2D eigenvalue weighted by Gasteiger charge is 2.50. The molecule has 4 heterocycles. The Kier molecular flexibility index (Phi) is 2.44. The number of ether oxygens (including phenoxy) is 1. The molecule has 1 fully saturated rings. The van der Waals surface area contributed by atoms with Crippen molar-refractivity contribution in [3.05, 3.63) is 53.2 Å². The number of benzene rings is 1. The highest BCUT2D eigenvalue weighted by atomic mass is 35.5. The molecule has 0 radical (unpaired) electrons. The minimum absolute atomic E-state index is 0.226. The molecule has 2 aromatic heterocycles. The van der Waals surface area contributed by atoms with Gasteiger partial charge in [-0.2, -0.15) is 0 Å². The smallest absolute Gasteiger partial charge is 0.164 e. The summed E-state index contributed by atoms with van der Waals surface area (Å²) in [6, 6.07) is 8.51. The zero-order valence-electron chi connectivity index (χ0n) is 11.7. The predicted molar refractivity (Wildman–Crippen MR) is 81.5 cm³/mol. The van der Waals surface area contributed by atoms with Crippen molar-refractivity contribution < 1.29 is 4.74 Å². The number of halogens is 1. The van der Waals surface area contributed by atoms with E-state index in [1.165, 1.54) is 17.5 Å². The van der Waals surface area contributed by atoms with Gasteiger partial charge in [-0.1, -0.05) is 35.9 Å². The summed E-state index contributed by atoms with van der Waals surface area (Å²) in [4.78, 5) is 12.7. The standard InChI is InChI=1S/C16H13ClN4O/c17-14-13-15(19-8-18-14)21(9-20-13)7-16-6-5-12(22-16)10-3-1-2-4-11(10)16/h1-4,8-9,12H,5-7H2/t12-,16-/m0/s1. The van der Waals surface area contributed by atoms with Crippen LogP contribution >= 0.6 is 11.6 Å². The van der Waals surface area contributed by atoms with E-state index >= 15 is 0 Å². The van der Waals surface area contributed by atoms with Crippen molar-refractivity contribution in [3.8, 4) is 0 Å². The van der Waals surface area contributed by atoms with Crippen LogP contribution in [0.15, 0.2) is 36.9 Å². The highest BCUT2D eigenvalue weighted by Crippen LogP contribution is 2.55. The monoisotopic (exact) mass is 312 g/mol. The fourth-order valence-corrected chi connectivity index (χ4v) is 3.99. The first-order valence-corrected chi connectivity index (χ1v) is 7.73. The van der Waals surface area contributed by atoms with Crippen molar-refractivity contribution in [2.45, 2.75) is 31.1 Å². The average molecular weight is 313 g/mol. The first kappa shape index (κ1) is 12.6. The molecule has 0 N–H and O–H groups in total. The maximum absolute atomic E-state index is 6.36. The largest absolute Gasteiger partial charge is 0.360 e. The summed E-state index contributed by atoms with van der Waals surface area (Å²) in [6.07, 6.45) is 5.56. The van der Waals surface area contributed by atoms with E-state index < -0.39 is 0 Å². The number of fused-ring (bicyclic) bond motifs is 6. The fourth-order valence-electron chi connectivity index (χ4n) is 3.81. The number of hydrogen-bond acceptors (Lipinski definition) is 4. The molecule has 0 saturated carbocycles.